The highest BCUT2D eigenvalue weighted by molar-refractivity contribution is 9.09. The monoisotopic (exact) mass is 254 g/mol. The summed E-state index contributed by atoms with van der Waals surface area (Å²) in [5, 5.41) is 11.3. The summed E-state index contributed by atoms with van der Waals surface area (Å²) >= 11 is 3.22. The van der Waals surface area contributed by atoms with Gasteiger partial charge in [0.2, 0.25) is 0 Å². The van der Waals surface area contributed by atoms with Crippen LogP contribution in [-0.4, -0.2) is 15.2 Å². The van der Waals surface area contributed by atoms with E-state index >= 15 is 0 Å². The van der Waals surface area contributed by atoms with Gasteiger partial charge in [-0.25, -0.2) is 0 Å². The van der Waals surface area contributed by atoms with E-state index in [-0.39, 0.29) is 5.82 Å². The second kappa shape index (κ2) is 5.35. The van der Waals surface area contributed by atoms with Crippen molar-refractivity contribution in [2.24, 2.45) is 0 Å². The first-order valence-electron chi connectivity index (χ1n) is 3.90. The van der Waals surface area contributed by atoms with Gasteiger partial charge in [-0.2, -0.15) is 0 Å². The summed E-state index contributed by atoms with van der Waals surface area (Å²) in [6, 6.07) is 3.22. The quantitative estimate of drug-likeness (QED) is 0.352. The van der Waals surface area contributed by atoms with Crippen LogP contribution in [-0.2, 0) is 0 Å². The van der Waals surface area contributed by atoms with E-state index in [0.29, 0.717) is 12.0 Å². The number of pyridine rings is 1. The van der Waals surface area contributed by atoms with Gasteiger partial charge in [0.1, 0.15) is 11.8 Å². The number of rotatable bonds is 2. The molecule has 1 rings (SSSR count). The summed E-state index contributed by atoms with van der Waals surface area (Å²) in [5.74, 6) is 5.33. The fourth-order valence-corrected chi connectivity index (χ4v) is 1.04. The molecule has 0 N–H and O–H groups in total. The predicted molar refractivity (Wildman–Crippen MR) is 56.2 cm³/mol. The molecule has 0 aliphatic heterocycles. The maximum Gasteiger partial charge on any atom is 0.379 e. The fraction of sp³-hybridized carbons (Fsp3) is 0.222. The van der Waals surface area contributed by atoms with Crippen LogP contribution in [0.15, 0.2) is 18.3 Å². The highest BCUT2D eigenvalue weighted by Crippen LogP contribution is 2.11. The van der Waals surface area contributed by atoms with Crippen LogP contribution in [0.3, 0.4) is 0 Å². The van der Waals surface area contributed by atoms with E-state index in [1.54, 1.807) is 12.1 Å². The Labute approximate surface area is 89.6 Å². The lowest BCUT2D eigenvalue weighted by molar-refractivity contribution is -0.389. The number of halogens is 1. The zero-order chi connectivity index (χ0) is 10.4. The number of hydrogen-bond donors (Lipinski definition) is 0. The molecule has 1 aromatic heterocycles. The molecule has 1 heterocycles. The van der Waals surface area contributed by atoms with E-state index in [4.69, 9.17) is 0 Å². The summed E-state index contributed by atoms with van der Waals surface area (Å²) in [5.41, 5.74) is 0.360. The maximum atomic E-state index is 10.5. The van der Waals surface area contributed by atoms with E-state index in [2.05, 4.69) is 32.8 Å². The van der Waals surface area contributed by atoms with Crippen LogP contribution in [0, 0.1) is 22.0 Å². The van der Waals surface area contributed by atoms with Gasteiger partial charge >= 0.3 is 5.82 Å². The molecule has 0 radical (unpaired) electrons. The maximum absolute atomic E-state index is 10.5. The third kappa shape index (κ3) is 2.82. The number of hydrogen-bond acceptors (Lipinski definition) is 3. The van der Waals surface area contributed by atoms with Crippen molar-refractivity contribution in [2.45, 2.75) is 6.42 Å². The molecular formula is C9H7BrN2O2. The molecule has 72 valence electrons. The number of alkyl halides is 1. The van der Waals surface area contributed by atoms with Crippen LogP contribution >= 0.6 is 15.9 Å². The highest BCUT2D eigenvalue weighted by Gasteiger charge is 2.10. The molecule has 0 aromatic carbocycles. The average molecular weight is 255 g/mol. The van der Waals surface area contributed by atoms with Crippen LogP contribution < -0.4 is 0 Å². The van der Waals surface area contributed by atoms with E-state index in [1.807, 2.05) is 0 Å². The summed E-state index contributed by atoms with van der Waals surface area (Å²) < 4.78 is 0. The first-order valence-corrected chi connectivity index (χ1v) is 5.02. The zero-order valence-corrected chi connectivity index (χ0v) is 8.82. The topological polar surface area (TPSA) is 56.0 Å². The second-order valence-electron chi connectivity index (χ2n) is 2.37. The Morgan fingerprint density at radius 1 is 1.64 bits per heavy atom. The molecule has 0 fully saturated rings. The van der Waals surface area contributed by atoms with Gasteiger partial charge in [-0.15, -0.1) is 0 Å². The Kier molecular flexibility index (Phi) is 4.08. The molecule has 4 nitrogen and oxygen atoms in total. The normalized spacial score (nSPS) is 8.93. The van der Waals surface area contributed by atoms with E-state index < -0.39 is 4.92 Å². The standard InChI is InChI=1S/C9H7BrN2O2/c10-6-2-1-4-8-5-3-7-11-9(8)12(13)14/h3,5,7H,2,6H2. The lowest BCUT2D eigenvalue weighted by Crippen LogP contribution is -1.94. The molecule has 14 heavy (non-hydrogen) atoms. The molecule has 0 saturated carbocycles. The minimum atomic E-state index is -0.530. The van der Waals surface area contributed by atoms with Crippen molar-refractivity contribution >= 4 is 21.7 Å². The lowest BCUT2D eigenvalue weighted by atomic mass is 10.2. The fourth-order valence-electron chi connectivity index (χ4n) is 0.845. The lowest BCUT2D eigenvalue weighted by Gasteiger charge is -1.93. The van der Waals surface area contributed by atoms with Crippen molar-refractivity contribution in [3.63, 3.8) is 0 Å². The van der Waals surface area contributed by atoms with Crippen molar-refractivity contribution in [2.75, 3.05) is 5.33 Å². The summed E-state index contributed by atoms with van der Waals surface area (Å²) in [4.78, 5) is 13.6. The van der Waals surface area contributed by atoms with Crippen molar-refractivity contribution < 1.29 is 4.92 Å². The molecule has 0 spiro atoms. The first kappa shape index (κ1) is 10.7. The van der Waals surface area contributed by atoms with Gasteiger partial charge in [-0.05, 0) is 22.0 Å². The van der Waals surface area contributed by atoms with E-state index in [9.17, 15) is 10.1 Å². The van der Waals surface area contributed by atoms with E-state index in [1.165, 1.54) is 6.20 Å². The average Bonchev–Trinajstić information content (AvgIpc) is 2.19. The number of nitrogens with zero attached hydrogens (tertiary/aromatic N) is 2. The summed E-state index contributed by atoms with van der Waals surface area (Å²) in [7, 11) is 0. The SMILES string of the molecule is O=[N+]([O-])c1ncccc1C#CCCBr. The largest absolute Gasteiger partial charge is 0.379 e. The molecule has 5 heteroatoms. The van der Waals surface area contributed by atoms with Crippen molar-refractivity contribution in [1.82, 2.24) is 4.98 Å². The molecular weight excluding hydrogens is 248 g/mol. The molecule has 0 amide bonds. The van der Waals surface area contributed by atoms with Crippen LogP contribution in [0.1, 0.15) is 12.0 Å². The van der Waals surface area contributed by atoms with Gasteiger partial charge in [-0.1, -0.05) is 27.8 Å². The second-order valence-corrected chi connectivity index (χ2v) is 3.17. The molecule has 0 saturated heterocycles. The van der Waals surface area contributed by atoms with Gasteiger partial charge in [0.15, 0.2) is 0 Å². The Morgan fingerprint density at radius 3 is 3.07 bits per heavy atom. The van der Waals surface area contributed by atoms with Gasteiger partial charge in [0.05, 0.1) is 0 Å². The van der Waals surface area contributed by atoms with Gasteiger partial charge in [-0.3, -0.25) is 0 Å². The molecule has 0 unspecified atom stereocenters. The predicted octanol–water partition coefficient (Wildman–Crippen LogP) is 2.13. The van der Waals surface area contributed by atoms with Crippen LogP contribution in [0.2, 0.25) is 0 Å². The molecule has 0 aliphatic carbocycles. The number of aromatic nitrogens is 1. The smallest absolute Gasteiger partial charge is 0.358 e. The van der Waals surface area contributed by atoms with Crippen LogP contribution in [0.4, 0.5) is 5.82 Å². The number of nitro groups is 1. The van der Waals surface area contributed by atoms with Crippen molar-refractivity contribution in [3.05, 3.63) is 34.0 Å². The third-order valence-corrected chi connectivity index (χ3v) is 1.80. The minimum absolute atomic E-state index is 0.186. The Hall–Kier alpha value is -1.41. The Morgan fingerprint density at radius 2 is 2.43 bits per heavy atom. The zero-order valence-electron chi connectivity index (χ0n) is 7.24. The summed E-state index contributed by atoms with van der Waals surface area (Å²) in [6.45, 7) is 0. The van der Waals surface area contributed by atoms with E-state index in [0.717, 1.165) is 5.33 Å². The minimum Gasteiger partial charge on any atom is -0.358 e. The summed E-state index contributed by atoms with van der Waals surface area (Å²) in [6.07, 6.45) is 2.04. The van der Waals surface area contributed by atoms with Gasteiger partial charge in [0.25, 0.3) is 0 Å². The third-order valence-electron chi connectivity index (χ3n) is 1.40. The van der Waals surface area contributed by atoms with Crippen LogP contribution in [0.5, 0.6) is 0 Å². The van der Waals surface area contributed by atoms with Gasteiger partial charge in [0, 0.05) is 11.8 Å². The Bertz CT molecular complexity index is 395. The molecule has 0 atom stereocenters. The molecule has 0 bridgehead atoms. The Balaban J connectivity index is 2.97. The van der Waals surface area contributed by atoms with Gasteiger partial charge < -0.3 is 10.1 Å². The van der Waals surface area contributed by atoms with Crippen LogP contribution in [0.25, 0.3) is 0 Å². The molecule has 1 aromatic rings. The molecule has 0 aliphatic rings. The first-order chi connectivity index (χ1) is 6.75. The van der Waals surface area contributed by atoms with Crippen molar-refractivity contribution in [1.29, 1.82) is 0 Å². The van der Waals surface area contributed by atoms with Crippen molar-refractivity contribution in [3.8, 4) is 11.8 Å². The highest BCUT2D eigenvalue weighted by atomic mass is 79.9.